The maximum atomic E-state index is 8.76. The van der Waals surface area contributed by atoms with Crippen molar-refractivity contribution in [2.24, 2.45) is 0 Å². The van der Waals surface area contributed by atoms with Crippen LogP contribution in [0.3, 0.4) is 0 Å². The molecule has 0 aliphatic rings. The molecule has 0 N–H and O–H groups in total. The van der Waals surface area contributed by atoms with Crippen molar-refractivity contribution in [2.45, 2.75) is 0 Å². The first-order valence-electron chi connectivity index (χ1n) is 41.6. The van der Waals surface area contributed by atoms with Crippen molar-refractivity contribution < 1.29 is 20.1 Å². The molecule has 25 rings (SSSR count). The maximum absolute atomic E-state index is 8.76. The predicted molar refractivity (Wildman–Crippen MR) is 489 cm³/mol. The number of hydrogen-bond donors (Lipinski definition) is 0. The molecule has 0 saturated carbocycles. The molecule has 534 valence electrons. The van der Waals surface area contributed by atoms with Crippen LogP contribution in [0.5, 0.6) is 0 Å². The van der Waals surface area contributed by atoms with E-state index in [2.05, 4.69) is 315 Å². The van der Waals surface area contributed by atoms with Crippen LogP contribution in [0, 0.1) is 0 Å². The highest BCUT2D eigenvalue weighted by molar-refractivity contribution is 6.27. The molecule has 115 heavy (non-hydrogen) atoms. The Labute approximate surface area is 668 Å². The average Bonchev–Trinajstić information content (AvgIpc) is 0.840. The van der Waals surface area contributed by atoms with Gasteiger partial charge in [0.1, 0.15) is 33.5 Å². The largest absolute Gasteiger partial charge is 0.456 e. The fraction of sp³-hybridized carbons (Fsp3) is 0. The minimum absolute atomic E-state index is 0.206. The monoisotopic (exact) mass is 1470 g/mol. The van der Waals surface area contributed by atoms with Crippen molar-refractivity contribution in [3.63, 3.8) is 0 Å². The molecule has 0 aliphatic heterocycles. The molecule has 0 unspecified atom stereocenters. The van der Waals surface area contributed by atoms with Crippen molar-refractivity contribution >= 4 is 174 Å². The summed E-state index contributed by atoms with van der Waals surface area (Å²) in [5, 5.41) is 29.9. The summed E-state index contributed by atoms with van der Waals surface area (Å²) in [6.07, 6.45) is 0. The van der Waals surface area contributed by atoms with Crippen LogP contribution >= 0.6 is 0 Å². The van der Waals surface area contributed by atoms with Crippen molar-refractivity contribution in [3.05, 3.63) is 412 Å². The van der Waals surface area contributed by atoms with Gasteiger partial charge in [0.05, 0.1) is 6.85 Å². The van der Waals surface area contributed by atoms with Gasteiger partial charge in [-0.05, 0) is 242 Å². The second-order valence-electron chi connectivity index (χ2n) is 29.9. The molecule has 0 spiro atoms. The Morgan fingerprint density at radius 1 is 0.148 bits per heavy atom. The van der Waals surface area contributed by atoms with Crippen LogP contribution in [0.2, 0.25) is 0 Å². The Morgan fingerprint density at radius 3 is 0.835 bits per heavy atom. The van der Waals surface area contributed by atoms with Gasteiger partial charge >= 0.3 is 0 Å². The van der Waals surface area contributed by atoms with Gasteiger partial charge < -0.3 is 13.3 Å². The maximum Gasteiger partial charge on any atom is 0.143 e. The second-order valence-corrected chi connectivity index (χ2v) is 29.9. The minimum Gasteiger partial charge on any atom is -0.456 e. The summed E-state index contributed by atoms with van der Waals surface area (Å²) >= 11 is 0. The van der Waals surface area contributed by atoms with E-state index in [0.717, 1.165) is 115 Å². The van der Waals surface area contributed by atoms with Crippen LogP contribution in [-0.2, 0) is 0 Å². The molecule has 25 aromatic rings. The second kappa shape index (κ2) is 26.8. The van der Waals surface area contributed by atoms with E-state index in [9.17, 15) is 0 Å². The summed E-state index contributed by atoms with van der Waals surface area (Å²) in [5.74, 6) is 0. The summed E-state index contributed by atoms with van der Waals surface area (Å²) in [6, 6.07) is 134. The first-order valence-corrected chi connectivity index (χ1v) is 39.1. The Kier molecular flexibility index (Phi) is 14.1. The molecule has 0 bridgehead atoms. The van der Waals surface area contributed by atoms with Crippen LogP contribution in [0.25, 0.3) is 240 Å². The zero-order valence-electron chi connectivity index (χ0n) is 67.1. The summed E-state index contributed by atoms with van der Waals surface area (Å²) in [4.78, 5) is 0. The third-order valence-electron chi connectivity index (χ3n) is 23.5. The van der Waals surface area contributed by atoms with Gasteiger partial charge in [-0.25, -0.2) is 0 Å². The van der Waals surface area contributed by atoms with Gasteiger partial charge in [0.15, 0.2) is 0 Å². The molecule has 3 heterocycles. The fourth-order valence-electron chi connectivity index (χ4n) is 18.4. The molecular weight excluding hydrogens is 1390 g/mol. The number of fused-ring (bicyclic) bond motifs is 20. The lowest BCUT2D eigenvalue weighted by Crippen LogP contribution is -1.91. The predicted octanol–water partition coefficient (Wildman–Crippen LogP) is 32.3. The van der Waals surface area contributed by atoms with Gasteiger partial charge in [0.2, 0.25) is 0 Å². The molecule has 0 fully saturated rings. The summed E-state index contributed by atoms with van der Waals surface area (Å²) in [6.45, 7) is 0. The summed E-state index contributed by atoms with van der Waals surface area (Å²) < 4.78 is 61.3. The van der Waals surface area contributed by atoms with E-state index >= 15 is 0 Å². The van der Waals surface area contributed by atoms with E-state index in [4.69, 9.17) is 20.1 Å². The van der Waals surface area contributed by atoms with Crippen LogP contribution < -0.4 is 0 Å². The topological polar surface area (TPSA) is 39.4 Å². The summed E-state index contributed by atoms with van der Waals surface area (Å²) in [7, 11) is 0. The van der Waals surface area contributed by atoms with E-state index in [0.29, 0.717) is 5.56 Å². The number of furan rings is 3. The Morgan fingerprint density at radius 2 is 0.426 bits per heavy atom. The molecule has 0 radical (unpaired) electrons. The number of benzene rings is 22. The average molecular weight is 1470 g/mol. The van der Waals surface area contributed by atoms with Crippen molar-refractivity contribution in [2.75, 3.05) is 0 Å². The van der Waals surface area contributed by atoms with Crippen LogP contribution in [0.15, 0.2) is 426 Å². The van der Waals surface area contributed by atoms with Crippen LogP contribution in [-0.4, -0.2) is 0 Å². The lowest BCUT2D eigenvalue weighted by Gasteiger charge is -2.18. The van der Waals surface area contributed by atoms with E-state index < -0.39 is 6.04 Å². The van der Waals surface area contributed by atoms with Crippen molar-refractivity contribution in [3.8, 4) is 66.8 Å². The quantitative estimate of drug-likeness (QED) is 0.156. The fourth-order valence-corrected chi connectivity index (χ4v) is 18.4. The lowest BCUT2D eigenvalue weighted by molar-refractivity contribution is 0.669. The van der Waals surface area contributed by atoms with E-state index in [1.165, 1.54) is 115 Å². The highest BCUT2D eigenvalue weighted by Crippen LogP contribution is 2.50. The molecule has 0 saturated heterocycles. The normalized spacial score (nSPS) is 12.4. The Balaban J connectivity index is 0.000000105. The Bertz CT molecular complexity index is 8430. The molecule has 0 atom stereocenters. The first-order chi connectivity index (χ1) is 59.1. The highest BCUT2D eigenvalue weighted by atomic mass is 16.3. The summed E-state index contributed by atoms with van der Waals surface area (Å²) in [5.41, 5.74) is 18.3. The van der Waals surface area contributed by atoms with Gasteiger partial charge in [0.25, 0.3) is 0 Å². The van der Waals surface area contributed by atoms with Gasteiger partial charge in [-0.3, -0.25) is 0 Å². The number of hydrogen-bond acceptors (Lipinski definition) is 3. The standard InChI is InChI=1S/C40H24O.2C36H22O/c1-2-10-26-21-29(18-17-25(26)9-1)39-31-13-5-7-15-33(31)40(34-16-8-6-14-32(34)39)30-19-20-37-35(23-30)36-22-27-11-3-4-12-28(27)24-38(36)41-37;1-2-11-24(12-3-1)34-27-14-6-8-16-29(27)35(30-17-9-7-15-28(30)34)25-19-21-33-32(22-25)31-20-18-23-10-4-5-13-26(23)36(31)37-33;1-2-10-23(11-3-1)35-27-14-6-8-16-29(27)36(30-17-9-7-15-28(30)35)26-18-19-33-31(21-26)32-20-24-12-4-5-13-25(24)22-34(32)37-33/h1-24H;2*1-22H/i;;1D,2D,3D,10D,11D. The van der Waals surface area contributed by atoms with Gasteiger partial charge in [-0.1, -0.05) is 340 Å². The number of rotatable bonds is 6. The molecule has 22 aromatic carbocycles. The first kappa shape index (κ1) is 60.6. The zero-order valence-corrected chi connectivity index (χ0v) is 62.1. The third-order valence-corrected chi connectivity index (χ3v) is 23.5. The molecule has 3 heteroatoms. The molecule has 3 aromatic heterocycles. The highest BCUT2D eigenvalue weighted by Gasteiger charge is 2.23. The third kappa shape index (κ3) is 10.9. The molecule has 3 nitrogen and oxygen atoms in total. The van der Waals surface area contributed by atoms with Gasteiger partial charge in [0, 0.05) is 37.7 Å². The van der Waals surface area contributed by atoms with Gasteiger partial charge in [-0.2, -0.15) is 0 Å². The van der Waals surface area contributed by atoms with Gasteiger partial charge in [-0.15, -0.1) is 0 Å². The SMILES string of the molecule is [2H]c1c([2H])c([2H])c(-c2c3ccccc3c(-c3ccc4oc5cc6ccccc6cc5c4c3)c3ccccc23)c([2H])c1[2H].c1ccc(-c2c3ccccc3c(-c3ccc4oc5c6ccccc6ccc5c4c3)c3ccccc23)cc1.c1ccc2cc(-c3c4ccccc4c(-c4ccc5oc6cc7ccccc7cc6c5c4)c4ccccc34)ccc2c1. The van der Waals surface area contributed by atoms with Crippen LogP contribution in [0.4, 0.5) is 0 Å². The molecule has 0 aliphatic carbocycles. The van der Waals surface area contributed by atoms with Crippen molar-refractivity contribution in [1.29, 1.82) is 0 Å². The van der Waals surface area contributed by atoms with Crippen LogP contribution in [0.1, 0.15) is 6.85 Å². The van der Waals surface area contributed by atoms with Crippen molar-refractivity contribution in [1.82, 2.24) is 0 Å². The minimum atomic E-state index is -0.396. The zero-order chi connectivity index (χ0) is 80.0. The Hall–Kier alpha value is -15.2. The smallest absolute Gasteiger partial charge is 0.143 e. The lowest BCUT2D eigenvalue weighted by atomic mass is 9.85. The molecular formula is C112H68O3. The van der Waals surface area contributed by atoms with E-state index in [-0.39, 0.29) is 29.7 Å². The van der Waals surface area contributed by atoms with E-state index in [1.807, 2.05) is 66.7 Å². The van der Waals surface area contributed by atoms with E-state index in [1.54, 1.807) is 0 Å². The molecule has 0 amide bonds.